The van der Waals surface area contributed by atoms with Gasteiger partial charge in [-0.25, -0.2) is 19.7 Å². The van der Waals surface area contributed by atoms with Crippen LogP contribution in [0.2, 0.25) is 5.15 Å². The van der Waals surface area contributed by atoms with E-state index in [0.29, 0.717) is 5.82 Å². The molecule has 0 atom stereocenters. The number of anilines is 2. The van der Waals surface area contributed by atoms with E-state index >= 15 is 0 Å². The highest BCUT2D eigenvalue weighted by Gasteiger charge is 2.19. The zero-order chi connectivity index (χ0) is 16.6. The molecule has 1 aliphatic rings. The number of aryl methyl sites for hydroxylation is 1. The summed E-state index contributed by atoms with van der Waals surface area (Å²) in [4.78, 5) is 26.9. The Labute approximate surface area is 140 Å². The van der Waals surface area contributed by atoms with E-state index in [1.807, 2.05) is 0 Å². The third kappa shape index (κ3) is 3.22. The summed E-state index contributed by atoms with van der Waals surface area (Å²) in [7, 11) is 0. The zero-order valence-corrected chi connectivity index (χ0v) is 13.3. The van der Waals surface area contributed by atoms with E-state index in [-0.39, 0.29) is 29.1 Å². The van der Waals surface area contributed by atoms with E-state index in [1.54, 1.807) is 6.08 Å². The highest BCUT2D eigenvalue weighted by Crippen LogP contribution is 2.24. The van der Waals surface area contributed by atoms with Crippen LogP contribution in [0.3, 0.4) is 0 Å². The first-order valence-electron chi connectivity index (χ1n) is 6.63. The highest BCUT2D eigenvalue weighted by atomic mass is 35.5. The van der Waals surface area contributed by atoms with Crippen LogP contribution in [0.5, 0.6) is 0 Å². The number of hydrogen-bond donors (Lipinski definition) is 3. The summed E-state index contributed by atoms with van der Waals surface area (Å²) in [5.41, 5.74) is 12.6. The normalized spacial score (nSPS) is 13.4. The summed E-state index contributed by atoms with van der Waals surface area (Å²) in [6, 6.07) is 0. The minimum absolute atomic E-state index is 0.0527. The monoisotopic (exact) mass is 354 g/mol. The van der Waals surface area contributed by atoms with Gasteiger partial charge in [0.2, 0.25) is 0 Å². The van der Waals surface area contributed by atoms with Crippen LogP contribution >= 0.6 is 23.2 Å². The molecule has 0 fully saturated rings. The number of nitrogen functional groups attached to an aromatic ring is 2. The number of nitrogens with one attached hydrogen (secondary N) is 1. The smallest absolute Gasteiger partial charge is 0.361 e. The molecule has 2 aromatic heterocycles. The van der Waals surface area contributed by atoms with Gasteiger partial charge in [0.1, 0.15) is 12.4 Å². The second kappa shape index (κ2) is 6.05. The van der Waals surface area contributed by atoms with Crippen LogP contribution in [0.15, 0.2) is 5.03 Å². The summed E-state index contributed by atoms with van der Waals surface area (Å²) in [6.07, 6.45) is 3.30. The number of ether oxygens (including phenoxy) is 1. The van der Waals surface area contributed by atoms with E-state index in [0.717, 1.165) is 29.3 Å². The van der Waals surface area contributed by atoms with Crippen LogP contribution in [0.25, 0.3) is 6.08 Å². The first-order valence-corrected chi connectivity index (χ1v) is 7.39. The molecule has 0 saturated carbocycles. The van der Waals surface area contributed by atoms with Crippen molar-refractivity contribution >= 4 is 46.9 Å². The number of nitrogens with two attached hydrogens (primary N) is 2. The second-order valence-corrected chi connectivity index (χ2v) is 5.69. The molecular weight excluding hydrogens is 343 g/mol. The number of aromatic nitrogens is 4. The Bertz CT molecular complexity index is 817. The fourth-order valence-electron chi connectivity index (χ4n) is 2.12. The van der Waals surface area contributed by atoms with Gasteiger partial charge in [-0.2, -0.15) is 0 Å². The number of aromatic amines is 1. The predicted molar refractivity (Wildman–Crippen MR) is 85.7 cm³/mol. The fraction of sp³-hybridized carbons (Fsp3) is 0.231. The van der Waals surface area contributed by atoms with Crippen molar-refractivity contribution < 1.29 is 9.53 Å². The fourth-order valence-corrected chi connectivity index (χ4v) is 2.44. The molecule has 0 saturated heterocycles. The minimum atomic E-state index is -0.764. The Morgan fingerprint density at radius 3 is 2.78 bits per heavy atom. The second-order valence-electron chi connectivity index (χ2n) is 4.85. The van der Waals surface area contributed by atoms with Gasteiger partial charge >= 0.3 is 5.97 Å². The van der Waals surface area contributed by atoms with Crippen molar-refractivity contribution in [3.8, 4) is 0 Å². The van der Waals surface area contributed by atoms with Gasteiger partial charge in [-0.3, -0.25) is 0 Å². The number of hydrogen-bond acceptors (Lipinski definition) is 7. The molecule has 0 aliphatic heterocycles. The number of esters is 1. The quantitative estimate of drug-likeness (QED) is 0.716. The summed E-state index contributed by atoms with van der Waals surface area (Å²) in [5, 5.41) is 0.631. The van der Waals surface area contributed by atoms with Crippen molar-refractivity contribution in [2.24, 2.45) is 0 Å². The average Bonchev–Trinajstić information content (AvgIpc) is 2.90. The molecule has 10 heteroatoms. The van der Waals surface area contributed by atoms with Crippen LogP contribution < -0.4 is 11.5 Å². The van der Waals surface area contributed by atoms with E-state index in [9.17, 15) is 4.79 Å². The topological polar surface area (TPSA) is 133 Å². The SMILES string of the molecule is Nc1nc(N)c(C(=O)OCc2nc3c([nH]2)CCC(Cl)=C3)nc1Cl. The predicted octanol–water partition coefficient (Wildman–Crippen LogP) is 1.90. The molecule has 23 heavy (non-hydrogen) atoms. The summed E-state index contributed by atoms with van der Waals surface area (Å²) >= 11 is 11.7. The molecule has 3 rings (SSSR count). The number of rotatable bonds is 3. The molecular formula is C13H12Cl2N6O2. The lowest BCUT2D eigenvalue weighted by Crippen LogP contribution is -2.14. The van der Waals surface area contributed by atoms with Gasteiger partial charge < -0.3 is 21.2 Å². The Kier molecular flexibility index (Phi) is 4.10. The Hall–Kier alpha value is -2.32. The largest absolute Gasteiger partial charge is 0.453 e. The Morgan fingerprint density at radius 2 is 2.00 bits per heavy atom. The molecule has 2 heterocycles. The van der Waals surface area contributed by atoms with Crippen molar-refractivity contribution in [3.63, 3.8) is 0 Å². The maximum Gasteiger partial charge on any atom is 0.361 e. The van der Waals surface area contributed by atoms with E-state index < -0.39 is 5.97 Å². The maximum atomic E-state index is 12.0. The van der Waals surface area contributed by atoms with Crippen LogP contribution in [0, 0.1) is 0 Å². The zero-order valence-electron chi connectivity index (χ0n) is 11.8. The van der Waals surface area contributed by atoms with Gasteiger partial charge in [-0.1, -0.05) is 23.2 Å². The Balaban J connectivity index is 1.72. The third-order valence-corrected chi connectivity index (χ3v) is 3.78. The summed E-state index contributed by atoms with van der Waals surface area (Å²) in [5.74, 6) is -0.465. The van der Waals surface area contributed by atoms with E-state index in [2.05, 4.69) is 19.9 Å². The van der Waals surface area contributed by atoms with Gasteiger partial charge in [0.25, 0.3) is 0 Å². The van der Waals surface area contributed by atoms with E-state index in [4.69, 9.17) is 39.4 Å². The first-order chi connectivity index (χ1) is 10.9. The lowest BCUT2D eigenvalue weighted by Gasteiger charge is -2.06. The molecule has 0 radical (unpaired) electrons. The number of halogens is 2. The van der Waals surface area contributed by atoms with Crippen molar-refractivity contribution in [3.05, 3.63) is 33.1 Å². The van der Waals surface area contributed by atoms with Crippen molar-refractivity contribution in [2.75, 3.05) is 11.5 Å². The van der Waals surface area contributed by atoms with Crippen LogP contribution in [-0.4, -0.2) is 25.9 Å². The number of carbonyl (C=O) groups is 1. The molecule has 0 amide bonds. The summed E-state index contributed by atoms with van der Waals surface area (Å²) in [6.45, 7) is -0.0690. The lowest BCUT2D eigenvalue weighted by atomic mass is 10.1. The van der Waals surface area contributed by atoms with Gasteiger partial charge in [0, 0.05) is 10.7 Å². The van der Waals surface area contributed by atoms with Crippen molar-refractivity contribution in [1.82, 2.24) is 19.9 Å². The Morgan fingerprint density at radius 1 is 1.22 bits per heavy atom. The molecule has 2 aromatic rings. The van der Waals surface area contributed by atoms with Gasteiger partial charge in [-0.15, -0.1) is 0 Å². The third-order valence-electron chi connectivity index (χ3n) is 3.21. The van der Waals surface area contributed by atoms with Gasteiger partial charge in [0.05, 0.1) is 5.69 Å². The molecule has 0 spiro atoms. The number of carbonyl (C=O) groups excluding carboxylic acids is 1. The number of fused-ring (bicyclic) bond motifs is 1. The highest BCUT2D eigenvalue weighted by molar-refractivity contribution is 6.32. The lowest BCUT2D eigenvalue weighted by molar-refractivity contribution is 0.0457. The molecule has 0 aromatic carbocycles. The van der Waals surface area contributed by atoms with Gasteiger partial charge in [0.15, 0.2) is 22.5 Å². The minimum Gasteiger partial charge on any atom is -0.453 e. The van der Waals surface area contributed by atoms with E-state index in [1.165, 1.54) is 0 Å². The standard InChI is InChI=1S/C13H12Cl2N6O2/c14-5-1-2-6-7(3-5)19-8(18-6)4-23-13(22)9-11(16)21-12(17)10(15)20-9/h3H,1-2,4H2,(H,18,19)(H4,16,17,21). The molecule has 8 nitrogen and oxygen atoms in total. The molecule has 5 N–H and O–H groups in total. The maximum absolute atomic E-state index is 12.0. The number of nitrogens with zero attached hydrogens (tertiary/aromatic N) is 3. The number of H-pyrrole nitrogens is 1. The van der Waals surface area contributed by atoms with Crippen LogP contribution in [-0.2, 0) is 17.8 Å². The van der Waals surface area contributed by atoms with Crippen molar-refractivity contribution in [2.45, 2.75) is 19.4 Å². The molecule has 0 unspecified atom stereocenters. The van der Waals surface area contributed by atoms with Crippen LogP contribution in [0.1, 0.15) is 34.1 Å². The molecule has 120 valence electrons. The van der Waals surface area contributed by atoms with Crippen molar-refractivity contribution in [1.29, 1.82) is 0 Å². The molecule has 0 bridgehead atoms. The number of imidazole rings is 1. The number of allylic oxidation sites excluding steroid dienone is 1. The average molecular weight is 355 g/mol. The summed E-state index contributed by atoms with van der Waals surface area (Å²) < 4.78 is 5.13. The van der Waals surface area contributed by atoms with Crippen LogP contribution in [0.4, 0.5) is 11.6 Å². The van der Waals surface area contributed by atoms with Gasteiger partial charge in [-0.05, 0) is 18.9 Å². The molecule has 1 aliphatic carbocycles. The first kappa shape index (κ1) is 15.6.